The Labute approximate surface area is 105 Å². The summed E-state index contributed by atoms with van der Waals surface area (Å²) >= 11 is 0. The summed E-state index contributed by atoms with van der Waals surface area (Å²) in [7, 11) is 0. The third-order valence-corrected chi connectivity index (χ3v) is 2.66. The maximum Gasteiger partial charge on any atom is 0.482 e. The number of aliphatic hydroxyl groups is 2. The third-order valence-electron chi connectivity index (χ3n) is 2.66. The number of rotatable bonds is 1. The maximum atomic E-state index is 9.10. The highest BCUT2D eigenvalue weighted by molar-refractivity contribution is 6.13. The summed E-state index contributed by atoms with van der Waals surface area (Å²) in [6, 6.07) is 0. The van der Waals surface area contributed by atoms with Gasteiger partial charge in [-0.1, -0.05) is 12.2 Å². The Balaban J connectivity index is 0. The van der Waals surface area contributed by atoms with Gasteiger partial charge in [-0.3, -0.25) is 0 Å². The Morgan fingerprint density at radius 1 is 0.824 bits per heavy atom. The van der Waals surface area contributed by atoms with Crippen molar-refractivity contribution in [3.63, 3.8) is 0 Å². The Morgan fingerprint density at radius 2 is 1.06 bits per heavy atom. The fourth-order valence-corrected chi connectivity index (χ4v) is 0.760. The van der Waals surface area contributed by atoms with Crippen LogP contribution in [0.1, 0.15) is 53.4 Å². The lowest BCUT2D eigenvalue weighted by Crippen LogP contribution is -2.44. The second-order valence-corrected chi connectivity index (χ2v) is 4.99. The van der Waals surface area contributed by atoms with Crippen molar-refractivity contribution < 1.29 is 20.3 Å². The number of hydrogen-bond acceptors (Lipinski definition) is 4. The Hall–Kier alpha value is -0.355. The van der Waals surface area contributed by atoms with Crippen LogP contribution in [0.4, 0.5) is 0 Å². The zero-order valence-electron chi connectivity index (χ0n) is 11.3. The molecule has 0 aliphatic heterocycles. The predicted octanol–water partition coefficient (Wildman–Crippen LogP) is 1.15. The van der Waals surface area contributed by atoms with Gasteiger partial charge in [0.1, 0.15) is 0 Å². The van der Waals surface area contributed by atoms with Gasteiger partial charge in [-0.2, -0.15) is 0 Å². The smallest absolute Gasteiger partial charge is 0.429 e. The number of hydrogen-bond donors (Lipinski definition) is 4. The van der Waals surface area contributed by atoms with Crippen molar-refractivity contribution in [2.45, 2.75) is 64.6 Å². The first kappa shape index (κ1) is 19.0. The molecule has 0 saturated carbocycles. The summed E-state index contributed by atoms with van der Waals surface area (Å²) in [6.07, 6.45) is 10.0. The zero-order chi connectivity index (χ0) is 13.9. The van der Waals surface area contributed by atoms with E-state index in [2.05, 4.69) is 12.2 Å². The van der Waals surface area contributed by atoms with Crippen molar-refractivity contribution in [3.8, 4) is 0 Å². The van der Waals surface area contributed by atoms with Gasteiger partial charge >= 0.3 is 7.69 Å². The van der Waals surface area contributed by atoms with Gasteiger partial charge in [0, 0.05) is 0 Å². The first-order chi connectivity index (χ1) is 7.66. The summed E-state index contributed by atoms with van der Waals surface area (Å²) in [5.41, 5.74) is -2.01. The minimum atomic E-state index is -1.01. The molecular formula is C12H26BO4. The van der Waals surface area contributed by atoms with Crippen molar-refractivity contribution in [1.29, 1.82) is 0 Å². The summed E-state index contributed by atoms with van der Waals surface area (Å²) in [6.45, 7) is 6.31. The highest BCUT2D eigenvalue weighted by Gasteiger charge is 2.31. The number of allylic oxidation sites excluding steroid dienone is 2. The molecule has 0 unspecified atom stereocenters. The third kappa shape index (κ3) is 13.6. The van der Waals surface area contributed by atoms with Gasteiger partial charge in [0.2, 0.25) is 0 Å². The highest BCUT2D eigenvalue weighted by Crippen LogP contribution is 2.19. The van der Waals surface area contributed by atoms with Crippen molar-refractivity contribution >= 4 is 7.69 Å². The van der Waals surface area contributed by atoms with E-state index in [1.165, 1.54) is 25.7 Å². The van der Waals surface area contributed by atoms with Crippen LogP contribution in [0.25, 0.3) is 0 Å². The van der Waals surface area contributed by atoms with E-state index >= 15 is 0 Å². The van der Waals surface area contributed by atoms with Crippen LogP contribution in [-0.4, -0.2) is 39.1 Å². The monoisotopic (exact) mass is 245 g/mol. The predicted molar refractivity (Wildman–Crippen MR) is 70.4 cm³/mol. The van der Waals surface area contributed by atoms with Gasteiger partial charge < -0.3 is 20.3 Å². The molecule has 0 atom stereocenters. The molecule has 0 spiro atoms. The lowest BCUT2D eigenvalue weighted by Gasteiger charge is -2.31. The zero-order valence-corrected chi connectivity index (χ0v) is 11.3. The molecule has 0 aromatic heterocycles. The van der Waals surface area contributed by atoms with Gasteiger partial charge in [-0.05, 0) is 53.4 Å². The second-order valence-electron chi connectivity index (χ2n) is 4.99. The van der Waals surface area contributed by atoms with Crippen molar-refractivity contribution in [1.82, 2.24) is 0 Å². The second kappa shape index (κ2) is 9.65. The molecule has 1 aliphatic carbocycles. The average Bonchev–Trinajstić information content (AvgIpc) is 2.19. The lowest BCUT2D eigenvalue weighted by atomic mass is 9.90. The van der Waals surface area contributed by atoms with Crippen molar-refractivity contribution in [3.05, 3.63) is 12.2 Å². The van der Waals surface area contributed by atoms with Gasteiger partial charge in [-0.15, -0.1) is 0 Å². The van der Waals surface area contributed by atoms with Crippen LogP contribution in [0, 0.1) is 0 Å². The maximum absolute atomic E-state index is 9.10. The average molecular weight is 245 g/mol. The van der Waals surface area contributed by atoms with Crippen molar-refractivity contribution in [2.24, 2.45) is 0 Å². The van der Waals surface area contributed by atoms with Gasteiger partial charge in [0.25, 0.3) is 0 Å². The standard InChI is InChI=1S/C6H14O2.C6H10.BH2O2/c1-5(2,7)6(3,4)8;1-2-4-6-5-3-1;2-1-3/h7-8H,1-4H3;1-2H,3-6H2;2-3H. The van der Waals surface area contributed by atoms with E-state index in [4.69, 9.17) is 20.3 Å². The van der Waals surface area contributed by atoms with Crippen LogP contribution < -0.4 is 0 Å². The SMILES string of the molecule is C1=CCCCC1.CC(C)(O)C(C)(C)O.O[B]O. The largest absolute Gasteiger partial charge is 0.482 e. The molecule has 0 aromatic carbocycles. The van der Waals surface area contributed by atoms with Crippen LogP contribution in [0.5, 0.6) is 0 Å². The topological polar surface area (TPSA) is 80.9 Å². The minimum Gasteiger partial charge on any atom is -0.429 e. The Bertz CT molecular complexity index is 172. The van der Waals surface area contributed by atoms with E-state index in [-0.39, 0.29) is 7.69 Å². The quantitative estimate of drug-likeness (QED) is 0.412. The molecule has 0 fully saturated rings. The van der Waals surface area contributed by atoms with E-state index < -0.39 is 11.2 Å². The molecular weight excluding hydrogens is 219 g/mol. The molecule has 101 valence electrons. The fraction of sp³-hybridized carbons (Fsp3) is 0.833. The van der Waals surface area contributed by atoms with Gasteiger partial charge in [-0.25, -0.2) is 0 Å². The lowest BCUT2D eigenvalue weighted by molar-refractivity contribution is -0.107. The van der Waals surface area contributed by atoms with Crippen molar-refractivity contribution in [2.75, 3.05) is 0 Å². The van der Waals surface area contributed by atoms with Gasteiger partial charge in [0.05, 0.1) is 11.2 Å². The molecule has 17 heavy (non-hydrogen) atoms. The molecule has 1 radical (unpaired) electrons. The normalized spacial score (nSPS) is 15.1. The van der Waals surface area contributed by atoms with Crippen LogP contribution >= 0.6 is 0 Å². The first-order valence-electron chi connectivity index (χ1n) is 5.86. The van der Waals surface area contributed by atoms with Crippen LogP contribution in [0.3, 0.4) is 0 Å². The van der Waals surface area contributed by atoms with E-state index in [9.17, 15) is 0 Å². The molecule has 4 nitrogen and oxygen atoms in total. The summed E-state index contributed by atoms with van der Waals surface area (Å²) in [5.74, 6) is 0. The highest BCUT2D eigenvalue weighted by atomic mass is 16.4. The van der Waals surface area contributed by atoms with E-state index in [1.54, 1.807) is 27.7 Å². The van der Waals surface area contributed by atoms with Crippen LogP contribution in [0.2, 0.25) is 0 Å². The van der Waals surface area contributed by atoms with E-state index in [0.717, 1.165) is 0 Å². The Kier molecular flexibility index (Phi) is 10.8. The Morgan fingerprint density at radius 3 is 1.12 bits per heavy atom. The molecule has 0 amide bonds. The van der Waals surface area contributed by atoms with E-state index in [1.807, 2.05) is 0 Å². The summed E-state index contributed by atoms with van der Waals surface area (Å²) in [5, 5.41) is 32.2. The molecule has 0 saturated heterocycles. The van der Waals surface area contributed by atoms with Gasteiger partial charge in [0.15, 0.2) is 0 Å². The minimum absolute atomic E-state index is 0. The van der Waals surface area contributed by atoms with Crippen LogP contribution in [0.15, 0.2) is 12.2 Å². The molecule has 5 heteroatoms. The molecule has 0 heterocycles. The molecule has 4 N–H and O–H groups in total. The van der Waals surface area contributed by atoms with Crippen LogP contribution in [-0.2, 0) is 0 Å². The molecule has 0 aromatic rings. The summed E-state index contributed by atoms with van der Waals surface area (Å²) in [4.78, 5) is 0. The summed E-state index contributed by atoms with van der Waals surface area (Å²) < 4.78 is 0. The molecule has 1 aliphatic rings. The molecule has 0 bridgehead atoms. The molecule has 1 rings (SSSR count). The first-order valence-corrected chi connectivity index (χ1v) is 5.86. The van der Waals surface area contributed by atoms with E-state index in [0.29, 0.717) is 0 Å². The fourth-order valence-electron chi connectivity index (χ4n) is 0.760.